The lowest BCUT2D eigenvalue weighted by Gasteiger charge is -2.32. The highest BCUT2D eigenvalue weighted by Crippen LogP contribution is 2.29. The van der Waals surface area contributed by atoms with E-state index >= 15 is 0 Å². The molecule has 3 atom stereocenters. The number of aryl methyl sites for hydroxylation is 1. The van der Waals surface area contributed by atoms with Gasteiger partial charge in [0.2, 0.25) is 0 Å². The highest BCUT2D eigenvalue weighted by atomic mass is 16.6. The van der Waals surface area contributed by atoms with Gasteiger partial charge in [0.25, 0.3) is 5.91 Å². The Balaban J connectivity index is 1.72. The number of hydrogen-bond donors (Lipinski definition) is 1. The van der Waals surface area contributed by atoms with Crippen molar-refractivity contribution in [3.63, 3.8) is 0 Å². The molecule has 2 fully saturated rings. The predicted molar refractivity (Wildman–Crippen MR) is 70.8 cm³/mol. The van der Waals surface area contributed by atoms with Crippen molar-refractivity contribution in [2.24, 2.45) is 0 Å². The van der Waals surface area contributed by atoms with Gasteiger partial charge in [0.15, 0.2) is 6.10 Å². The number of nitrogens with one attached hydrogen (secondary N) is 1. The standard InChI is InChI=1S/C15H19NO3/c1-10-4-6-11(7-5-10)14-12(3-2-8-18-14)16-15(17)13-9-19-13/h4-7,12-14H,2-3,8-9H2,1H3,(H,16,17)/t12-,13?,14+/m1/s1. The first-order valence-electron chi connectivity index (χ1n) is 6.84. The van der Waals surface area contributed by atoms with Crippen LogP contribution in [0.2, 0.25) is 0 Å². The summed E-state index contributed by atoms with van der Waals surface area (Å²) < 4.78 is 10.9. The van der Waals surface area contributed by atoms with E-state index in [0.717, 1.165) is 25.0 Å². The van der Waals surface area contributed by atoms with Crippen molar-refractivity contribution >= 4 is 5.91 Å². The topological polar surface area (TPSA) is 50.9 Å². The molecule has 19 heavy (non-hydrogen) atoms. The van der Waals surface area contributed by atoms with E-state index in [4.69, 9.17) is 9.47 Å². The number of carbonyl (C=O) groups is 1. The smallest absolute Gasteiger partial charge is 0.251 e. The average Bonchev–Trinajstić information content (AvgIpc) is 3.25. The Morgan fingerprint density at radius 1 is 1.26 bits per heavy atom. The quantitative estimate of drug-likeness (QED) is 0.843. The van der Waals surface area contributed by atoms with E-state index in [1.165, 1.54) is 5.56 Å². The molecule has 102 valence electrons. The average molecular weight is 261 g/mol. The van der Waals surface area contributed by atoms with E-state index in [2.05, 4.69) is 36.5 Å². The van der Waals surface area contributed by atoms with Crippen LogP contribution in [-0.4, -0.2) is 31.3 Å². The molecule has 4 nitrogen and oxygen atoms in total. The molecule has 0 aromatic heterocycles. The highest BCUT2D eigenvalue weighted by molar-refractivity contribution is 5.83. The van der Waals surface area contributed by atoms with Crippen molar-refractivity contribution in [1.82, 2.24) is 5.32 Å². The first-order valence-corrected chi connectivity index (χ1v) is 6.84. The zero-order valence-electron chi connectivity index (χ0n) is 11.1. The molecule has 0 bridgehead atoms. The van der Waals surface area contributed by atoms with Crippen LogP contribution in [0.5, 0.6) is 0 Å². The van der Waals surface area contributed by atoms with Gasteiger partial charge < -0.3 is 14.8 Å². The minimum atomic E-state index is -0.236. The summed E-state index contributed by atoms with van der Waals surface area (Å²) in [6.07, 6.45) is 1.66. The third-order valence-electron chi connectivity index (χ3n) is 3.68. The van der Waals surface area contributed by atoms with Crippen LogP contribution < -0.4 is 5.32 Å². The molecule has 3 rings (SSSR count). The van der Waals surface area contributed by atoms with E-state index in [1.54, 1.807) is 0 Å². The van der Waals surface area contributed by atoms with Crippen LogP contribution in [-0.2, 0) is 14.3 Å². The zero-order chi connectivity index (χ0) is 13.2. The maximum atomic E-state index is 11.8. The third-order valence-corrected chi connectivity index (χ3v) is 3.68. The highest BCUT2D eigenvalue weighted by Gasteiger charge is 2.35. The Bertz CT molecular complexity index is 453. The van der Waals surface area contributed by atoms with Crippen LogP contribution in [0.4, 0.5) is 0 Å². The Labute approximate surface area is 113 Å². The van der Waals surface area contributed by atoms with Crippen molar-refractivity contribution in [3.8, 4) is 0 Å². The summed E-state index contributed by atoms with van der Waals surface area (Å²) >= 11 is 0. The van der Waals surface area contributed by atoms with Crippen LogP contribution in [0, 0.1) is 6.92 Å². The summed E-state index contributed by atoms with van der Waals surface area (Å²) in [5.41, 5.74) is 2.36. The summed E-state index contributed by atoms with van der Waals surface area (Å²) in [6, 6.07) is 8.37. The van der Waals surface area contributed by atoms with Gasteiger partial charge in [-0.2, -0.15) is 0 Å². The molecule has 1 amide bonds. The Hall–Kier alpha value is -1.39. The molecule has 1 aromatic rings. The number of rotatable bonds is 3. The van der Waals surface area contributed by atoms with Gasteiger partial charge in [-0.15, -0.1) is 0 Å². The molecule has 2 aliphatic rings. The molecule has 2 heterocycles. The molecule has 0 aliphatic carbocycles. The second-order valence-electron chi connectivity index (χ2n) is 5.28. The van der Waals surface area contributed by atoms with Crippen LogP contribution in [0.15, 0.2) is 24.3 Å². The van der Waals surface area contributed by atoms with Gasteiger partial charge >= 0.3 is 0 Å². The number of carbonyl (C=O) groups excluding carboxylic acids is 1. The second kappa shape index (κ2) is 5.31. The number of epoxide rings is 1. The molecule has 1 aromatic carbocycles. The number of benzene rings is 1. The fourth-order valence-corrected chi connectivity index (χ4v) is 2.49. The van der Waals surface area contributed by atoms with Crippen molar-refractivity contribution < 1.29 is 14.3 Å². The number of amides is 1. The van der Waals surface area contributed by atoms with Crippen LogP contribution in [0.3, 0.4) is 0 Å². The summed E-state index contributed by atoms with van der Waals surface area (Å²) in [5, 5.41) is 3.06. The number of ether oxygens (including phenoxy) is 2. The molecular weight excluding hydrogens is 242 g/mol. The second-order valence-corrected chi connectivity index (χ2v) is 5.28. The molecular formula is C15H19NO3. The van der Waals surface area contributed by atoms with E-state index in [0.29, 0.717) is 6.61 Å². The van der Waals surface area contributed by atoms with Gasteiger partial charge in [-0.25, -0.2) is 0 Å². The lowest BCUT2D eigenvalue weighted by molar-refractivity contribution is -0.125. The van der Waals surface area contributed by atoms with E-state index in [-0.39, 0.29) is 24.2 Å². The van der Waals surface area contributed by atoms with Crippen LogP contribution in [0.25, 0.3) is 0 Å². The Kier molecular flexibility index (Phi) is 3.53. The molecule has 0 saturated carbocycles. The van der Waals surface area contributed by atoms with Gasteiger partial charge in [-0.3, -0.25) is 4.79 Å². The lowest BCUT2D eigenvalue weighted by atomic mass is 9.95. The van der Waals surface area contributed by atoms with E-state index in [1.807, 2.05) is 0 Å². The predicted octanol–water partition coefficient (Wildman–Crippen LogP) is 1.73. The molecule has 2 aliphatic heterocycles. The Morgan fingerprint density at radius 2 is 2.00 bits per heavy atom. The summed E-state index contributed by atoms with van der Waals surface area (Å²) in [5.74, 6) is -0.00684. The van der Waals surface area contributed by atoms with E-state index in [9.17, 15) is 4.79 Å². The monoisotopic (exact) mass is 261 g/mol. The maximum Gasteiger partial charge on any atom is 0.251 e. The van der Waals surface area contributed by atoms with Crippen molar-refractivity contribution in [2.45, 2.75) is 38.0 Å². The van der Waals surface area contributed by atoms with Gasteiger partial charge in [-0.1, -0.05) is 29.8 Å². The fourth-order valence-electron chi connectivity index (χ4n) is 2.49. The minimum absolute atomic E-state index is 0.00684. The normalized spacial score (nSPS) is 29.8. The van der Waals surface area contributed by atoms with Crippen LogP contribution in [0.1, 0.15) is 30.1 Å². The molecule has 1 unspecified atom stereocenters. The Morgan fingerprint density at radius 3 is 2.68 bits per heavy atom. The molecule has 2 saturated heterocycles. The molecule has 0 spiro atoms. The molecule has 0 radical (unpaired) electrons. The zero-order valence-corrected chi connectivity index (χ0v) is 11.1. The third kappa shape index (κ3) is 2.96. The van der Waals surface area contributed by atoms with Crippen molar-refractivity contribution in [2.75, 3.05) is 13.2 Å². The maximum absolute atomic E-state index is 11.8. The van der Waals surface area contributed by atoms with Gasteiger partial charge in [0.05, 0.1) is 12.6 Å². The molecule has 4 heteroatoms. The molecule has 1 N–H and O–H groups in total. The van der Waals surface area contributed by atoms with Gasteiger partial charge in [0, 0.05) is 6.61 Å². The van der Waals surface area contributed by atoms with Gasteiger partial charge in [0.1, 0.15) is 6.10 Å². The number of hydrogen-bond acceptors (Lipinski definition) is 3. The first kappa shape index (κ1) is 12.6. The van der Waals surface area contributed by atoms with Crippen molar-refractivity contribution in [1.29, 1.82) is 0 Å². The largest absolute Gasteiger partial charge is 0.371 e. The van der Waals surface area contributed by atoms with Crippen molar-refractivity contribution in [3.05, 3.63) is 35.4 Å². The summed E-state index contributed by atoms with van der Waals surface area (Å²) in [7, 11) is 0. The minimum Gasteiger partial charge on any atom is -0.371 e. The van der Waals surface area contributed by atoms with E-state index < -0.39 is 0 Å². The SMILES string of the molecule is Cc1ccc([C@@H]2OCCC[C@H]2NC(=O)C2CO2)cc1. The summed E-state index contributed by atoms with van der Waals surface area (Å²) in [6.45, 7) is 3.37. The first-order chi connectivity index (χ1) is 9.24. The lowest BCUT2D eigenvalue weighted by Crippen LogP contribution is -2.44. The van der Waals surface area contributed by atoms with Crippen LogP contribution >= 0.6 is 0 Å². The summed E-state index contributed by atoms with van der Waals surface area (Å²) in [4.78, 5) is 11.8. The van der Waals surface area contributed by atoms with Gasteiger partial charge in [-0.05, 0) is 25.3 Å². The fraction of sp³-hybridized carbons (Fsp3) is 0.533.